The van der Waals surface area contributed by atoms with Crippen LogP contribution in [-0.4, -0.2) is 35.4 Å². The van der Waals surface area contributed by atoms with Crippen molar-refractivity contribution in [2.45, 2.75) is 17.4 Å². The van der Waals surface area contributed by atoms with E-state index >= 15 is 0 Å². The first-order chi connectivity index (χ1) is 19.0. The first kappa shape index (κ1) is 24.6. The first-order valence-corrected chi connectivity index (χ1v) is 14.0. The molecule has 5 aromatic rings. The molecule has 0 aliphatic carbocycles. The van der Waals surface area contributed by atoms with Crippen LogP contribution in [0.2, 0.25) is 0 Å². The highest BCUT2D eigenvalue weighted by Gasteiger charge is 2.40. The molecule has 1 aromatic heterocycles. The standard InChI is InChI=1S/C31H26N4O3S/c1-38-26-19-17-23(18-20-26)29-21-30(35(32-29)39(36,37)27-15-9-4-10-16-27)28-22-34(25-13-7-3-8-14-25)33-31(28)24-11-5-2-6-12-24/h2-20,22,30H,21H2,1H3. The van der Waals surface area contributed by atoms with Crippen molar-refractivity contribution in [3.05, 3.63) is 133 Å². The molecule has 1 atom stereocenters. The van der Waals surface area contributed by atoms with Crippen molar-refractivity contribution < 1.29 is 13.2 Å². The third kappa shape index (κ3) is 4.70. The monoisotopic (exact) mass is 534 g/mol. The van der Waals surface area contributed by atoms with Crippen LogP contribution < -0.4 is 4.74 Å². The lowest BCUT2D eigenvalue weighted by atomic mass is 9.97. The zero-order valence-electron chi connectivity index (χ0n) is 21.3. The van der Waals surface area contributed by atoms with E-state index in [0.717, 1.165) is 28.1 Å². The Balaban J connectivity index is 1.51. The number of methoxy groups -OCH3 is 1. The van der Waals surface area contributed by atoms with Crippen molar-refractivity contribution in [1.82, 2.24) is 14.2 Å². The van der Waals surface area contributed by atoms with Crippen LogP contribution in [0.25, 0.3) is 16.9 Å². The molecular formula is C31H26N4O3S. The van der Waals surface area contributed by atoms with E-state index in [-0.39, 0.29) is 4.90 Å². The summed E-state index contributed by atoms with van der Waals surface area (Å²) in [5.74, 6) is 0.721. The highest BCUT2D eigenvalue weighted by Crippen LogP contribution is 2.41. The van der Waals surface area contributed by atoms with Crippen LogP contribution in [0.5, 0.6) is 5.75 Å². The molecule has 1 aliphatic heterocycles. The van der Waals surface area contributed by atoms with Crippen LogP contribution in [0.15, 0.2) is 131 Å². The second-order valence-corrected chi connectivity index (χ2v) is 11.0. The van der Waals surface area contributed by atoms with Gasteiger partial charge in [-0.2, -0.15) is 23.0 Å². The minimum absolute atomic E-state index is 0.187. The summed E-state index contributed by atoms with van der Waals surface area (Å²) >= 11 is 0. The van der Waals surface area contributed by atoms with Crippen LogP contribution in [0.4, 0.5) is 0 Å². The lowest BCUT2D eigenvalue weighted by Crippen LogP contribution is -2.27. The van der Waals surface area contributed by atoms with Crippen LogP contribution in [0, 0.1) is 0 Å². The van der Waals surface area contributed by atoms with Gasteiger partial charge in [-0.1, -0.05) is 66.7 Å². The van der Waals surface area contributed by atoms with Gasteiger partial charge in [-0.25, -0.2) is 4.68 Å². The molecule has 7 nitrogen and oxygen atoms in total. The van der Waals surface area contributed by atoms with Gasteiger partial charge in [0.2, 0.25) is 0 Å². The summed E-state index contributed by atoms with van der Waals surface area (Å²) in [7, 11) is -2.35. The number of para-hydroxylation sites is 1. The Morgan fingerprint density at radius 2 is 1.38 bits per heavy atom. The fourth-order valence-corrected chi connectivity index (χ4v) is 6.21. The van der Waals surface area contributed by atoms with Crippen molar-refractivity contribution in [2.24, 2.45) is 5.10 Å². The third-order valence-corrected chi connectivity index (χ3v) is 8.45. The molecule has 0 saturated carbocycles. The molecule has 2 heterocycles. The van der Waals surface area contributed by atoms with Gasteiger partial charge >= 0.3 is 0 Å². The maximum absolute atomic E-state index is 14.0. The Morgan fingerprint density at radius 1 is 0.769 bits per heavy atom. The Labute approximate surface area is 227 Å². The summed E-state index contributed by atoms with van der Waals surface area (Å²) in [6, 6.07) is 34.9. The average molecular weight is 535 g/mol. The number of rotatable bonds is 7. The second kappa shape index (κ2) is 10.2. The third-order valence-electron chi connectivity index (χ3n) is 6.75. The molecule has 1 aliphatic rings. The molecule has 0 saturated heterocycles. The lowest BCUT2D eigenvalue weighted by Gasteiger charge is -2.23. The normalized spacial score (nSPS) is 15.3. The number of aromatic nitrogens is 2. The van der Waals surface area contributed by atoms with E-state index < -0.39 is 16.1 Å². The Hall–Kier alpha value is -4.69. The fourth-order valence-electron chi connectivity index (χ4n) is 4.76. The number of hydrazone groups is 1. The summed E-state index contributed by atoms with van der Waals surface area (Å²) in [6.07, 6.45) is 2.31. The molecule has 0 fully saturated rings. The predicted molar refractivity (Wildman–Crippen MR) is 151 cm³/mol. The van der Waals surface area contributed by atoms with E-state index in [0.29, 0.717) is 17.8 Å². The van der Waals surface area contributed by atoms with Crippen molar-refractivity contribution in [2.75, 3.05) is 7.11 Å². The largest absolute Gasteiger partial charge is 0.497 e. The van der Waals surface area contributed by atoms with Crippen molar-refractivity contribution >= 4 is 15.7 Å². The van der Waals surface area contributed by atoms with Gasteiger partial charge in [0.1, 0.15) is 5.75 Å². The van der Waals surface area contributed by atoms with E-state index in [4.69, 9.17) is 14.9 Å². The summed E-state index contributed by atoms with van der Waals surface area (Å²) in [4.78, 5) is 0.187. The summed E-state index contributed by atoms with van der Waals surface area (Å²) < 4.78 is 36.3. The van der Waals surface area contributed by atoms with Gasteiger partial charge in [-0.15, -0.1) is 0 Å². The van der Waals surface area contributed by atoms with E-state index in [1.165, 1.54) is 4.41 Å². The molecule has 8 heteroatoms. The Kier molecular flexibility index (Phi) is 6.46. The molecular weight excluding hydrogens is 508 g/mol. The van der Waals surface area contributed by atoms with Gasteiger partial charge in [-0.05, 0) is 54.1 Å². The fraction of sp³-hybridized carbons (Fsp3) is 0.0968. The zero-order valence-corrected chi connectivity index (χ0v) is 22.1. The highest BCUT2D eigenvalue weighted by molar-refractivity contribution is 7.89. The van der Waals surface area contributed by atoms with E-state index in [9.17, 15) is 8.42 Å². The predicted octanol–water partition coefficient (Wildman–Crippen LogP) is 6.09. The first-order valence-electron chi connectivity index (χ1n) is 12.6. The van der Waals surface area contributed by atoms with Crippen LogP contribution in [0.1, 0.15) is 23.6 Å². The van der Waals surface area contributed by atoms with Gasteiger partial charge in [0.25, 0.3) is 10.0 Å². The van der Waals surface area contributed by atoms with Gasteiger partial charge in [0.15, 0.2) is 0 Å². The molecule has 39 heavy (non-hydrogen) atoms. The van der Waals surface area contributed by atoms with Crippen molar-refractivity contribution in [3.8, 4) is 22.7 Å². The summed E-state index contributed by atoms with van der Waals surface area (Å²) in [5.41, 5.74) is 4.78. The molecule has 4 aromatic carbocycles. The molecule has 1 unspecified atom stereocenters. The van der Waals surface area contributed by atoms with E-state index in [1.807, 2.05) is 91.1 Å². The maximum atomic E-state index is 14.0. The number of benzene rings is 4. The van der Waals surface area contributed by atoms with Crippen LogP contribution in [0.3, 0.4) is 0 Å². The molecule has 0 bridgehead atoms. The molecule has 0 amide bonds. The van der Waals surface area contributed by atoms with Gasteiger partial charge < -0.3 is 4.74 Å². The van der Waals surface area contributed by atoms with Crippen LogP contribution in [-0.2, 0) is 10.0 Å². The number of nitrogens with zero attached hydrogens (tertiary/aromatic N) is 4. The smallest absolute Gasteiger partial charge is 0.279 e. The molecule has 0 radical (unpaired) electrons. The van der Waals surface area contributed by atoms with Gasteiger partial charge in [0, 0.05) is 23.7 Å². The lowest BCUT2D eigenvalue weighted by molar-refractivity contribution is 0.372. The SMILES string of the molecule is COc1ccc(C2=NN(S(=O)(=O)c3ccccc3)C(c3cn(-c4ccccc4)nc3-c3ccccc3)C2)cc1. The average Bonchev–Trinajstić information content (AvgIpc) is 3.65. The highest BCUT2D eigenvalue weighted by atomic mass is 32.2. The zero-order chi connectivity index (χ0) is 26.8. The quantitative estimate of drug-likeness (QED) is 0.253. The van der Waals surface area contributed by atoms with E-state index in [1.54, 1.807) is 42.1 Å². The molecule has 6 rings (SSSR count). The number of sulfonamides is 1. The summed E-state index contributed by atoms with van der Waals surface area (Å²) in [6.45, 7) is 0. The van der Waals surface area contributed by atoms with E-state index in [2.05, 4.69) is 0 Å². The van der Waals surface area contributed by atoms with Crippen LogP contribution >= 0.6 is 0 Å². The van der Waals surface area contributed by atoms with Gasteiger partial charge in [-0.3, -0.25) is 0 Å². The maximum Gasteiger partial charge on any atom is 0.279 e. The number of hydrogen-bond acceptors (Lipinski definition) is 5. The molecule has 0 spiro atoms. The van der Waals surface area contributed by atoms with Crippen molar-refractivity contribution in [1.29, 1.82) is 0 Å². The topological polar surface area (TPSA) is 76.8 Å². The number of hydrogen-bond donors (Lipinski definition) is 0. The minimum atomic E-state index is -3.96. The minimum Gasteiger partial charge on any atom is -0.497 e. The number of ether oxygens (including phenoxy) is 1. The van der Waals surface area contributed by atoms with Gasteiger partial charge in [0.05, 0.1) is 35.1 Å². The Bertz CT molecular complexity index is 1720. The second-order valence-electron chi connectivity index (χ2n) is 9.16. The van der Waals surface area contributed by atoms with Crippen molar-refractivity contribution in [3.63, 3.8) is 0 Å². The molecule has 194 valence electrons. The Morgan fingerprint density at radius 3 is 2.03 bits per heavy atom. The molecule has 0 N–H and O–H groups in total. The summed E-state index contributed by atoms with van der Waals surface area (Å²) in [5, 5.41) is 9.65.